The van der Waals surface area contributed by atoms with Crippen molar-refractivity contribution in [3.8, 4) is 5.75 Å². The summed E-state index contributed by atoms with van der Waals surface area (Å²) in [7, 11) is 0. The smallest absolute Gasteiger partial charge is 0.358 e. The van der Waals surface area contributed by atoms with Crippen molar-refractivity contribution in [3.63, 3.8) is 0 Å². The molecule has 2 aromatic heterocycles. The average Bonchev–Trinajstić information content (AvgIpc) is 2.79. The van der Waals surface area contributed by atoms with Gasteiger partial charge in [-0.15, -0.1) is 11.3 Å². The molecule has 0 aliphatic carbocycles. The number of carbonyl (C=O) groups is 1. The largest absolute Gasteiger partial charge is 0.486 e. The van der Waals surface area contributed by atoms with Gasteiger partial charge in [0.15, 0.2) is 11.4 Å². The summed E-state index contributed by atoms with van der Waals surface area (Å²) < 4.78 is 5.41. The summed E-state index contributed by atoms with van der Waals surface area (Å²) in [4.78, 5) is 15.6. The van der Waals surface area contributed by atoms with Gasteiger partial charge in [-0.05, 0) is 23.6 Å². The Bertz CT molecular complexity index is 482. The van der Waals surface area contributed by atoms with Crippen LogP contribution in [-0.2, 0) is 6.61 Å². The molecule has 1 N–H and O–H groups in total. The molecular weight excluding hydrogens is 226 g/mol. The van der Waals surface area contributed by atoms with Crippen LogP contribution in [-0.4, -0.2) is 16.1 Å². The Labute approximate surface area is 96.1 Å². The first kappa shape index (κ1) is 10.6. The summed E-state index contributed by atoms with van der Waals surface area (Å²) in [6, 6.07) is 7.10. The van der Waals surface area contributed by atoms with Crippen molar-refractivity contribution in [2.24, 2.45) is 0 Å². The highest BCUT2D eigenvalue weighted by molar-refractivity contribution is 7.09. The number of hydrogen-bond acceptors (Lipinski definition) is 4. The van der Waals surface area contributed by atoms with Gasteiger partial charge >= 0.3 is 5.97 Å². The molecule has 0 amide bonds. The van der Waals surface area contributed by atoms with E-state index in [4.69, 9.17) is 9.84 Å². The number of aromatic nitrogens is 1. The second-order valence-electron chi connectivity index (χ2n) is 3.02. The minimum absolute atomic E-state index is 0.0564. The number of carboxylic acid groups (broad SMARTS) is 1. The topological polar surface area (TPSA) is 59.4 Å². The number of ether oxygens (including phenoxy) is 1. The second-order valence-corrected chi connectivity index (χ2v) is 4.06. The first-order valence-corrected chi connectivity index (χ1v) is 5.49. The van der Waals surface area contributed by atoms with Gasteiger partial charge < -0.3 is 9.84 Å². The molecule has 5 heteroatoms. The van der Waals surface area contributed by atoms with Gasteiger partial charge in [-0.1, -0.05) is 6.07 Å². The second kappa shape index (κ2) is 4.76. The minimum atomic E-state index is -1.08. The molecule has 0 bridgehead atoms. The molecule has 82 valence electrons. The molecule has 0 saturated heterocycles. The third-order valence-electron chi connectivity index (χ3n) is 1.92. The van der Waals surface area contributed by atoms with E-state index in [2.05, 4.69) is 4.98 Å². The number of carboxylic acids is 1. The van der Waals surface area contributed by atoms with Crippen LogP contribution in [0.1, 0.15) is 15.4 Å². The molecule has 0 atom stereocenters. The maximum absolute atomic E-state index is 10.8. The van der Waals surface area contributed by atoms with Crippen LogP contribution >= 0.6 is 11.3 Å². The standard InChI is InChI=1S/C11H9NO3S/c13-11(14)10-9(4-1-5-12-10)15-7-8-3-2-6-16-8/h1-6H,7H2,(H,13,14). The molecular formula is C11H9NO3S. The van der Waals surface area contributed by atoms with E-state index in [1.54, 1.807) is 23.5 Å². The van der Waals surface area contributed by atoms with Gasteiger partial charge in [0.2, 0.25) is 0 Å². The lowest BCUT2D eigenvalue weighted by molar-refractivity contribution is 0.0685. The summed E-state index contributed by atoms with van der Waals surface area (Å²) in [5.74, 6) is -0.787. The van der Waals surface area contributed by atoms with Crippen LogP contribution < -0.4 is 4.74 Å². The maximum Gasteiger partial charge on any atom is 0.358 e. The monoisotopic (exact) mass is 235 g/mol. The average molecular weight is 235 g/mol. The fourth-order valence-corrected chi connectivity index (χ4v) is 1.83. The van der Waals surface area contributed by atoms with Gasteiger partial charge in [0, 0.05) is 11.1 Å². The van der Waals surface area contributed by atoms with Crippen LogP contribution in [0.5, 0.6) is 5.75 Å². The number of hydrogen-bond donors (Lipinski definition) is 1. The van der Waals surface area contributed by atoms with E-state index in [1.165, 1.54) is 6.20 Å². The summed E-state index contributed by atoms with van der Waals surface area (Å²) in [5, 5.41) is 10.8. The third-order valence-corrected chi connectivity index (χ3v) is 2.77. The van der Waals surface area contributed by atoms with E-state index < -0.39 is 5.97 Å². The van der Waals surface area contributed by atoms with Gasteiger partial charge in [0.05, 0.1) is 0 Å². The SMILES string of the molecule is O=C(O)c1ncccc1OCc1cccs1. The van der Waals surface area contributed by atoms with Gasteiger partial charge in [0.1, 0.15) is 6.61 Å². The van der Waals surface area contributed by atoms with E-state index >= 15 is 0 Å². The Morgan fingerprint density at radius 2 is 2.31 bits per heavy atom. The summed E-state index contributed by atoms with van der Waals surface area (Å²) in [5.41, 5.74) is -0.0564. The van der Waals surface area contributed by atoms with E-state index in [0.29, 0.717) is 12.4 Å². The number of aromatic carboxylic acids is 1. The Morgan fingerprint density at radius 3 is 3.00 bits per heavy atom. The highest BCUT2D eigenvalue weighted by Crippen LogP contribution is 2.18. The van der Waals surface area contributed by atoms with Crippen LogP contribution in [0, 0.1) is 0 Å². The Hall–Kier alpha value is -1.88. The van der Waals surface area contributed by atoms with Crippen LogP contribution in [0.25, 0.3) is 0 Å². The molecule has 2 aromatic rings. The lowest BCUT2D eigenvalue weighted by atomic mass is 10.3. The number of pyridine rings is 1. The molecule has 0 spiro atoms. The van der Waals surface area contributed by atoms with Crippen molar-refractivity contribution in [1.29, 1.82) is 0 Å². The van der Waals surface area contributed by atoms with Crippen molar-refractivity contribution in [2.75, 3.05) is 0 Å². The predicted octanol–water partition coefficient (Wildman–Crippen LogP) is 2.42. The van der Waals surface area contributed by atoms with Crippen LogP contribution in [0.3, 0.4) is 0 Å². The summed E-state index contributed by atoms with van der Waals surface area (Å²) in [6.45, 7) is 0.365. The maximum atomic E-state index is 10.8. The van der Waals surface area contributed by atoms with Gasteiger partial charge in [-0.3, -0.25) is 0 Å². The van der Waals surface area contributed by atoms with Crippen LogP contribution in [0.2, 0.25) is 0 Å². The first-order valence-electron chi connectivity index (χ1n) is 4.61. The van der Waals surface area contributed by atoms with E-state index in [1.807, 2.05) is 17.5 Å². The minimum Gasteiger partial charge on any atom is -0.486 e. The lowest BCUT2D eigenvalue weighted by Crippen LogP contribution is -2.04. The normalized spacial score (nSPS) is 10.0. The van der Waals surface area contributed by atoms with E-state index in [0.717, 1.165) is 4.88 Å². The molecule has 2 rings (SSSR count). The van der Waals surface area contributed by atoms with Gasteiger partial charge in [-0.25, -0.2) is 9.78 Å². The predicted molar refractivity (Wildman–Crippen MR) is 59.8 cm³/mol. The molecule has 0 aromatic carbocycles. The molecule has 0 aliphatic heterocycles. The molecule has 0 fully saturated rings. The number of rotatable bonds is 4. The lowest BCUT2D eigenvalue weighted by Gasteiger charge is -2.06. The van der Waals surface area contributed by atoms with Crippen molar-refractivity contribution < 1.29 is 14.6 Å². The zero-order valence-electron chi connectivity index (χ0n) is 8.29. The zero-order valence-corrected chi connectivity index (χ0v) is 9.11. The molecule has 0 radical (unpaired) electrons. The van der Waals surface area contributed by atoms with Crippen LogP contribution in [0.15, 0.2) is 35.8 Å². The van der Waals surface area contributed by atoms with Gasteiger partial charge in [0.25, 0.3) is 0 Å². The van der Waals surface area contributed by atoms with E-state index in [9.17, 15) is 4.79 Å². The van der Waals surface area contributed by atoms with Crippen molar-refractivity contribution >= 4 is 17.3 Å². The highest BCUT2D eigenvalue weighted by atomic mass is 32.1. The quantitative estimate of drug-likeness (QED) is 0.884. The van der Waals surface area contributed by atoms with Crippen molar-refractivity contribution in [3.05, 3.63) is 46.4 Å². The Morgan fingerprint density at radius 1 is 1.44 bits per heavy atom. The molecule has 0 unspecified atom stereocenters. The van der Waals surface area contributed by atoms with E-state index in [-0.39, 0.29) is 5.69 Å². The fraction of sp³-hybridized carbons (Fsp3) is 0.0909. The third kappa shape index (κ3) is 2.38. The first-order chi connectivity index (χ1) is 7.77. The molecule has 4 nitrogen and oxygen atoms in total. The zero-order chi connectivity index (χ0) is 11.4. The summed E-state index contributed by atoms with van der Waals surface area (Å²) in [6.07, 6.45) is 1.43. The fourth-order valence-electron chi connectivity index (χ4n) is 1.21. The molecule has 16 heavy (non-hydrogen) atoms. The molecule has 0 saturated carbocycles. The molecule has 2 heterocycles. The highest BCUT2D eigenvalue weighted by Gasteiger charge is 2.12. The Kier molecular flexibility index (Phi) is 3.16. The Balaban J connectivity index is 2.12. The van der Waals surface area contributed by atoms with Crippen molar-refractivity contribution in [1.82, 2.24) is 4.98 Å². The summed E-state index contributed by atoms with van der Waals surface area (Å²) >= 11 is 1.56. The molecule has 0 aliphatic rings. The van der Waals surface area contributed by atoms with Gasteiger partial charge in [-0.2, -0.15) is 0 Å². The number of nitrogens with zero attached hydrogens (tertiary/aromatic N) is 1. The van der Waals surface area contributed by atoms with Crippen molar-refractivity contribution in [2.45, 2.75) is 6.61 Å². The number of thiophene rings is 1. The van der Waals surface area contributed by atoms with Crippen LogP contribution in [0.4, 0.5) is 0 Å².